The topological polar surface area (TPSA) is 77.8 Å². The molecule has 0 aromatic rings. The van der Waals surface area contributed by atoms with Gasteiger partial charge >= 0.3 is 5.97 Å². The molecule has 0 aromatic carbocycles. The lowest BCUT2D eigenvalue weighted by molar-refractivity contribution is -0.145. The van der Waals surface area contributed by atoms with Gasteiger partial charge in [0.15, 0.2) is 0 Å². The molecule has 1 amide bonds. The Kier molecular flexibility index (Phi) is 3.61. The first-order valence-corrected chi connectivity index (χ1v) is 6.63. The molecule has 0 bridgehead atoms. The molecular weight excluding hydrogens is 234 g/mol. The molecule has 1 aliphatic carbocycles. The molecule has 102 valence electrons. The van der Waals surface area contributed by atoms with Gasteiger partial charge in [-0.25, -0.2) is 0 Å². The van der Waals surface area contributed by atoms with E-state index in [-0.39, 0.29) is 17.7 Å². The Morgan fingerprint density at radius 2 is 1.72 bits per heavy atom. The standard InChI is InChI=1S/C13H21NO4/c1-13(18)6-7-14(8-13)11(15)9-2-4-10(5-3-9)12(16)17/h9-10,18H,2-8H2,1H3,(H,16,17). The van der Waals surface area contributed by atoms with Crippen LogP contribution in [0.25, 0.3) is 0 Å². The lowest BCUT2D eigenvalue weighted by Crippen LogP contribution is -2.39. The first-order valence-electron chi connectivity index (χ1n) is 6.63. The number of rotatable bonds is 2. The highest BCUT2D eigenvalue weighted by molar-refractivity contribution is 5.80. The number of amides is 1. The average molecular weight is 255 g/mol. The van der Waals surface area contributed by atoms with Crippen LogP contribution in [0.4, 0.5) is 0 Å². The lowest BCUT2D eigenvalue weighted by Gasteiger charge is -2.29. The van der Waals surface area contributed by atoms with Gasteiger partial charge in [-0.2, -0.15) is 0 Å². The third-order valence-electron chi connectivity index (χ3n) is 4.19. The van der Waals surface area contributed by atoms with Crippen LogP contribution in [-0.4, -0.2) is 45.7 Å². The first-order chi connectivity index (χ1) is 8.39. The van der Waals surface area contributed by atoms with E-state index in [1.54, 1.807) is 11.8 Å². The summed E-state index contributed by atoms with van der Waals surface area (Å²) in [6.45, 7) is 2.77. The summed E-state index contributed by atoms with van der Waals surface area (Å²) >= 11 is 0. The van der Waals surface area contributed by atoms with Crippen molar-refractivity contribution in [2.75, 3.05) is 13.1 Å². The number of hydrogen-bond donors (Lipinski definition) is 2. The minimum Gasteiger partial charge on any atom is -0.481 e. The van der Waals surface area contributed by atoms with Gasteiger partial charge in [0.05, 0.1) is 11.5 Å². The minimum absolute atomic E-state index is 0.0468. The number of carbonyl (C=O) groups excluding carboxylic acids is 1. The van der Waals surface area contributed by atoms with Crippen LogP contribution in [0.1, 0.15) is 39.0 Å². The third-order valence-corrected chi connectivity index (χ3v) is 4.19. The fraction of sp³-hybridized carbons (Fsp3) is 0.846. The van der Waals surface area contributed by atoms with Gasteiger partial charge in [-0.15, -0.1) is 0 Å². The van der Waals surface area contributed by atoms with Gasteiger partial charge in [-0.1, -0.05) is 0 Å². The van der Waals surface area contributed by atoms with Crippen molar-refractivity contribution < 1.29 is 19.8 Å². The Hall–Kier alpha value is -1.10. The van der Waals surface area contributed by atoms with Crippen LogP contribution >= 0.6 is 0 Å². The number of nitrogens with zero attached hydrogens (tertiary/aromatic N) is 1. The predicted octanol–water partition coefficient (Wildman–Crippen LogP) is 0.861. The number of aliphatic carboxylic acids is 1. The number of aliphatic hydroxyl groups is 1. The summed E-state index contributed by atoms with van der Waals surface area (Å²) in [5, 5.41) is 18.8. The van der Waals surface area contributed by atoms with E-state index in [1.807, 2.05) is 0 Å². The van der Waals surface area contributed by atoms with Crippen molar-refractivity contribution in [1.82, 2.24) is 4.90 Å². The Labute approximate surface area is 107 Å². The van der Waals surface area contributed by atoms with Gasteiger partial charge in [0.2, 0.25) is 5.91 Å². The van der Waals surface area contributed by atoms with E-state index < -0.39 is 11.6 Å². The number of hydrogen-bond acceptors (Lipinski definition) is 3. The van der Waals surface area contributed by atoms with E-state index in [1.165, 1.54) is 0 Å². The predicted molar refractivity (Wildman–Crippen MR) is 64.9 cm³/mol. The SMILES string of the molecule is CC1(O)CCN(C(=O)C2CCC(C(=O)O)CC2)C1. The van der Waals surface area contributed by atoms with E-state index in [0.29, 0.717) is 45.2 Å². The third kappa shape index (κ3) is 2.83. The van der Waals surface area contributed by atoms with Crippen molar-refractivity contribution >= 4 is 11.9 Å². The number of β-amino-alcohol motifs (C(OH)–C–C–N with tert-alkyl or cyclic N) is 1. The fourth-order valence-electron chi connectivity index (χ4n) is 2.98. The molecule has 0 radical (unpaired) electrons. The van der Waals surface area contributed by atoms with Crippen LogP contribution in [0.15, 0.2) is 0 Å². The van der Waals surface area contributed by atoms with Crippen LogP contribution < -0.4 is 0 Å². The maximum Gasteiger partial charge on any atom is 0.306 e. The van der Waals surface area contributed by atoms with Gasteiger partial charge in [0.1, 0.15) is 0 Å². The molecule has 2 aliphatic rings. The van der Waals surface area contributed by atoms with E-state index in [0.717, 1.165) is 0 Å². The molecular formula is C13H21NO4. The highest BCUT2D eigenvalue weighted by atomic mass is 16.4. The second-order valence-electron chi connectivity index (χ2n) is 5.89. The number of carbonyl (C=O) groups is 2. The second kappa shape index (κ2) is 4.88. The number of carboxylic acid groups (broad SMARTS) is 1. The van der Waals surface area contributed by atoms with E-state index in [9.17, 15) is 14.7 Å². The molecule has 2 rings (SSSR count). The van der Waals surface area contributed by atoms with Crippen molar-refractivity contribution in [3.05, 3.63) is 0 Å². The summed E-state index contributed by atoms with van der Waals surface area (Å²) in [6, 6.07) is 0. The molecule has 1 unspecified atom stereocenters. The van der Waals surface area contributed by atoms with Crippen molar-refractivity contribution in [3.8, 4) is 0 Å². The molecule has 1 heterocycles. The summed E-state index contributed by atoms with van der Waals surface area (Å²) in [5.41, 5.74) is -0.756. The van der Waals surface area contributed by atoms with Crippen LogP contribution in [0, 0.1) is 11.8 Å². The molecule has 18 heavy (non-hydrogen) atoms. The Bertz CT molecular complexity index is 345. The maximum absolute atomic E-state index is 12.2. The van der Waals surface area contributed by atoms with Gasteiger partial charge < -0.3 is 15.1 Å². The average Bonchev–Trinajstić information content (AvgIpc) is 2.69. The molecule has 2 fully saturated rings. The molecule has 1 saturated carbocycles. The van der Waals surface area contributed by atoms with Crippen LogP contribution in [0.3, 0.4) is 0 Å². The summed E-state index contributed by atoms with van der Waals surface area (Å²) < 4.78 is 0. The normalized spacial score (nSPS) is 36.7. The van der Waals surface area contributed by atoms with Crippen molar-refractivity contribution in [3.63, 3.8) is 0 Å². The van der Waals surface area contributed by atoms with Gasteiger partial charge in [-0.3, -0.25) is 9.59 Å². The Morgan fingerprint density at radius 1 is 1.17 bits per heavy atom. The van der Waals surface area contributed by atoms with E-state index >= 15 is 0 Å². The first kappa shape index (κ1) is 13.3. The largest absolute Gasteiger partial charge is 0.481 e. The summed E-state index contributed by atoms with van der Waals surface area (Å²) in [5.74, 6) is -0.980. The van der Waals surface area contributed by atoms with Crippen LogP contribution in [-0.2, 0) is 9.59 Å². The fourth-order valence-corrected chi connectivity index (χ4v) is 2.98. The Balaban J connectivity index is 1.87. The molecule has 5 heteroatoms. The van der Waals surface area contributed by atoms with Crippen LogP contribution in [0.5, 0.6) is 0 Å². The van der Waals surface area contributed by atoms with Gasteiger partial charge in [0.25, 0.3) is 0 Å². The van der Waals surface area contributed by atoms with Gasteiger partial charge in [-0.05, 0) is 39.0 Å². The zero-order chi connectivity index (χ0) is 13.3. The smallest absolute Gasteiger partial charge is 0.306 e. The number of carboxylic acids is 1. The summed E-state index contributed by atoms with van der Waals surface area (Å²) in [7, 11) is 0. The quantitative estimate of drug-likeness (QED) is 0.767. The molecule has 5 nitrogen and oxygen atoms in total. The molecule has 1 saturated heterocycles. The zero-order valence-electron chi connectivity index (χ0n) is 10.8. The van der Waals surface area contributed by atoms with E-state index in [2.05, 4.69) is 0 Å². The molecule has 2 N–H and O–H groups in total. The minimum atomic E-state index is -0.756. The second-order valence-corrected chi connectivity index (χ2v) is 5.89. The zero-order valence-corrected chi connectivity index (χ0v) is 10.8. The van der Waals surface area contributed by atoms with Gasteiger partial charge in [0, 0.05) is 19.0 Å². The van der Waals surface area contributed by atoms with E-state index in [4.69, 9.17) is 5.11 Å². The molecule has 1 aliphatic heterocycles. The highest BCUT2D eigenvalue weighted by Crippen LogP contribution is 2.32. The Morgan fingerprint density at radius 3 is 2.17 bits per heavy atom. The molecule has 0 spiro atoms. The number of likely N-dealkylation sites (tertiary alicyclic amines) is 1. The van der Waals surface area contributed by atoms with Crippen molar-refractivity contribution in [1.29, 1.82) is 0 Å². The summed E-state index contributed by atoms with van der Waals surface area (Å²) in [4.78, 5) is 24.8. The lowest BCUT2D eigenvalue weighted by atomic mass is 9.81. The highest BCUT2D eigenvalue weighted by Gasteiger charge is 2.38. The summed E-state index contributed by atoms with van der Waals surface area (Å²) in [6.07, 6.45) is 3.14. The molecule has 1 atom stereocenters. The monoisotopic (exact) mass is 255 g/mol. The molecule has 0 aromatic heterocycles. The van der Waals surface area contributed by atoms with Crippen molar-refractivity contribution in [2.24, 2.45) is 11.8 Å². The maximum atomic E-state index is 12.2. The van der Waals surface area contributed by atoms with Crippen molar-refractivity contribution in [2.45, 2.75) is 44.6 Å². The van der Waals surface area contributed by atoms with Crippen LogP contribution in [0.2, 0.25) is 0 Å².